The first-order chi connectivity index (χ1) is 10.1. The molecule has 6 nitrogen and oxygen atoms in total. The topological polar surface area (TPSA) is 87.7 Å². The molecule has 0 bridgehead atoms. The van der Waals surface area contributed by atoms with E-state index in [1.54, 1.807) is 31.4 Å². The summed E-state index contributed by atoms with van der Waals surface area (Å²) in [5, 5.41) is 14.6. The molecular weight excluding hydrogens is 272 g/mol. The van der Waals surface area contributed by atoms with Crippen molar-refractivity contribution in [2.45, 2.75) is 31.7 Å². The molecular formula is C15H20N2O4. The Morgan fingerprint density at radius 1 is 1.24 bits per heavy atom. The molecule has 21 heavy (non-hydrogen) atoms. The highest BCUT2D eigenvalue weighted by molar-refractivity contribution is 5.89. The minimum absolute atomic E-state index is 0.0335. The molecule has 3 N–H and O–H groups in total. The molecule has 0 atom stereocenters. The number of aliphatic carboxylic acids is 1. The number of ether oxygens (including phenoxy) is 1. The van der Waals surface area contributed by atoms with Gasteiger partial charge < -0.3 is 20.5 Å². The molecule has 0 spiro atoms. The van der Waals surface area contributed by atoms with Crippen LogP contribution in [0.2, 0.25) is 0 Å². The Bertz CT molecular complexity index is 510. The van der Waals surface area contributed by atoms with Crippen LogP contribution in [0.1, 0.15) is 25.7 Å². The predicted molar refractivity (Wildman–Crippen MR) is 78.5 cm³/mol. The molecule has 1 fully saturated rings. The van der Waals surface area contributed by atoms with Crippen molar-refractivity contribution >= 4 is 17.7 Å². The van der Waals surface area contributed by atoms with Crippen molar-refractivity contribution < 1.29 is 19.4 Å². The van der Waals surface area contributed by atoms with Gasteiger partial charge in [0.15, 0.2) is 0 Å². The lowest BCUT2D eigenvalue weighted by Gasteiger charge is -2.26. The first-order valence-corrected chi connectivity index (χ1v) is 7.03. The van der Waals surface area contributed by atoms with Gasteiger partial charge in [0.05, 0.1) is 13.0 Å². The van der Waals surface area contributed by atoms with Gasteiger partial charge in [-0.25, -0.2) is 4.79 Å². The number of methoxy groups -OCH3 is 1. The van der Waals surface area contributed by atoms with Gasteiger partial charge in [-0.1, -0.05) is 6.07 Å². The van der Waals surface area contributed by atoms with Crippen molar-refractivity contribution in [3.8, 4) is 5.75 Å². The van der Waals surface area contributed by atoms with E-state index in [0.717, 1.165) is 0 Å². The molecule has 114 valence electrons. The van der Waals surface area contributed by atoms with Gasteiger partial charge in [0, 0.05) is 17.8 Å². The lowest BCUT2D eigenvalue weighted by atomic mass is 9.86. The Labute approximate surface area is 123 Å². The third kappa shape index (κ3) is 4.37. The van der Waals surface area contributed by atoms with E-state index in [0.29, 0.717) is 37.1 Å². The number of nitrogens with one attached hydrogen (secondary N) is 2. The highest BCUT2D eigenvalue weighted by Crippen LogP contribution is 2.24. The number of benzene rings is 1. The Hall–Kier alpha value is -2.24. The summed E-state index contributed by atoms with van der Waals surface area (Å²) in [6.45, 7) is 0. The molecule has 0 heterocycles. The zero-order chi connectivity index (χ0) is 15.2. The van der Waals surface area contributed by atoms with Crippen LogP contribution in [0.5, 0.6) is 5.75 Å². The molecule has 0 saturated heterocycles. The van der Waals surface area contributed by atoms with Crippen LogP contribution >= 0.6 is 0 Å². The van der Waals surface area contributed by atoms with Crippen molar-refractivity contribution in [3.63, 3.8) is 0 Å². The minimum atomic E-state index is -0.741. The zero-order valence-corrected chi connectivity index (χ0v) is 12.0. The van der Waals surface area contributed by atoms with Gasteiger partial charge in [0.1, 0.15) is 5.75 Å². The largest absolute Gasteiger partial charge is 0.497 e. The van der Waals surface area contributed by atoms with Gasteiger partial charge in [-0.2, -0.15) is 0 Å². The maximum absolute atomic E-state index is 11.9. The molecule has 2 amide bonds. The van der Waals surface area contributed by atoms with Crippen molar-refractivity contribution in [2.75, 3.05) is 12.4 Å². The average molecular weight is 292 g/mol. The summed E-state index contributed by atoms with van der Waals surface area (Å²) in [5.74, 6) is -0.339. The third-order valence-electron chi connectivity index (χ3n) is 3.74. The molecule has 2 rings (SSSR count). The summed E-state index contributed by atoms with van der Waals surface area (Å²) in [4.78, 5) is 22.8. The maximum atomic E-state index is 11.9. The first-order valence-electron chi connectivity index (χ1n) is 7.03. The fraction of sp³-hybridized carbons (Fsp3) is 0.467. The molecule has 1 aliphatic rings. The van der Waals surface area contributed by atoms with Crippen LogP contribution in [0.15, 0.2) is 24.3 Å². The number of hydrogen-bond acceptors (Lipinski definition) is 3. The summed E-state index contributed by atoms with van der Waals surface area (Å²) in [6.07, 6.45) is 2.61. The number of rotatable bonds is 4. The van der Waals surface area contributed by atoms with E-state index in [1.807, 2.05) is 0 Å². The Morgan fingerprint density at radius 3 is 2.57 bits per heavy atom. The highest BCUT2D eigenvalue weighted by Gasteiger charge is 2.26. The van der Waals surface area contributed by atoms with Gasteiger partial charge in [-0.15, -0.1) is 0 Å². The van der Waals surface area contributed by atoms with Crippen molar-refractivity contribution in [2.24, 2.45) is 5.92 Å². The monoisotopic (exact) mass is 292 g/mol. The molecule has 1 aromatic carbocycles. The molecule has 1 saturated carbocycles. The maximum Gasteiger partial charge on any atom is 0.319 e. The van der Waals surface area contributed by atoms with Crippen molar-refractivity contribution in [3.05, 3.63) is 24.3 Å². The van der Waals surface area contributed by atoms with Crippen LogP contribution in [0, 0.1) is 5.92 Å². The Morgan fingerprint density at radius 2 is 1.95 bits per heavy atom. The number of carbonyl (C=O) groups is 2. The van der Waals surface area contributed by atoms with Crippen molar-refractivity contribution in [1.29, 1.82) is 0 Å². The van der Waals surface area contributed by atoms with Gasteiger partial charge in [0.25, 0.3) is 0 Å². The number of urea groups is 1. The van der Waals surface area contributed by atoms with Gasteiger partial charge >= 0.3 is 12.0 Å². The summed E-state index contributed by atoms with van der Waals surface area (Å²) in [6, 6.07) is 6.88. The van der Waals surface area contributed by atoms with Crippen LogP contribution < -0.4 is 15.4 Å². The minimum Gasteiger partial charge on any atom is -0.497 e. The molecule has 0 unspecified atom stereocenters. The van der Waals surface area contributed by atoms with Crippen LogP contribution in [0.3, 0.4) is 0 Å². The summed E-state index contributed by atoms with van der Waals surface area (Å²) in [7, 11) is 1.57. The summed E-state index contributed by atoms with van der Waals surface area (Å²) in [5.41, 5.74) is 0.658. The van der Waals surface area contributed by atoms with Gasteiger partial charge in [0.2, 0.25) is 0 Å². The zero-order valence-electron chi connectivity index (χ0n) is 12.0. The van der Waals surface area contributed by atoms with Crippen LogP contribution in [-0.2, 0) is 4.79 Å². The van der Waals surface area contributed by atoms with Crippen LogP contribution in [-0.4, -0.2) is 30.3 Å². The fourth-order valence-corrected chi connectivity index (χ4v) is 2.54. The number of carboxylic acids is 1. The number of hydrogen-bond donors (Lipinski definition) is 3. The Kier molecular flexibility index (Phi) is 5.03. The van der Waals surface area contributed by atoms with E-state index >= 15 is 0 Å². The standard InChI is InChI=1S/C15H20N2O4/c1-21-13-4-2-3-12(9-13)17-15(20)16-11-7-5-10(6-8-11)14(18)19/h2-4,9-11H,5-8H2,1H3,(H,18,19)(H2,16,17,20). The normalized spacial score (nSPS) is 21.4. The second-order valence-corrected chi connectivity index (χ2v) is 5.22. The average Bonchev–Trinajstić information content (AvgIpc) is 2.47. The number of carbonyl (C=O) groups excluding carboxylic acids is 1. The third-order valence-corrected chi connectivity index (χ3v) is 3.74. The molecule has 1 aromatic rings. The van der Waals surface area contributed by atoms with Gasteiger partial charge in [-0.05, 0) is 37.8 Å². The number of carboxylic acid groups (broad SMARTS) is 1. The summed E-state index contributed by atoms with van der Waals surface area (Å²) >= 11 is 0. The second kappa shape index (κ2) is 6.97. The SMILES string of the molecule is COc1cccc(NC(=O)NC2CCC(C(=O)O)CC2)c1. The fourth-order valence-electron chi connectivity index (χ4n) is 2.54. The first kappa shape index (κ1) is 15.2. The van der Waals surface area contributed by atoms with Crippen LogP contribution in [0.25, 0.3) is 0 Å². The van der Waals surface area contributed by atoms with E-state index < -0.39 is 5.97 Å². The molecule has 0 radical (unpaired) electrons. The molecule has 1 aliphatic carbocycles. The van der Waals surface area contributed by atoms with E-state index in [2.05, 4.69) is 10.6 Å². The van der Waals surface area contributed by atoms with E-state index in [-0.39, 0.29) is 18.0 Å². The van der Waals surface area contributed by atoms with Crippen LogP contribution in [0.4, 0.5) is 10.5 Å². The smallest absolute Gasteiger partial charge is 0.319 e. The lowest BCUT2D eigenvalue weighted by Crippen LogP contribution is -2.40. The van der Waals surface area contributed by atoms with E-state index in [4.69, 9.17) is 9.84 Å². The van der Waals surface area contributed by atoms with Crippen molar-refractivity contribution in [1.82, 2.24) is 5.32 Å². The molecule has 0 aliphatic heterocycles. The van der Waals surface area contributed by atoms with E-state index in [1.165, 1.54) is 0 Å². The number of amides is 2. The summed E-state index contributed by atoms with van der Waals surface area (Å²) < 4.78 is 5.09. The predicted octanol–water partition coefficient (Wildman–Crippen LogP) is 2.46. The molecule has 6 heteroatoms. The quantitative estimate of drug-likeness (QED) is 0.795. The lowest BCUT2D eigenvalue weighted by molar-refractivity contribution is -0.142. The highest BCUT2D eigenvalue weighted by atomic mass is 16.5. The van der Waals surface area contributed by atoms with Gasteiger partial charge in [-0.3, -0.25) is 4.79 Å². The molecule has 0 aromatic heterocycles. The number of anilines is 1. The Balaban J connectivity index is 1.81. The van der Waals surface area contributed by atoms with E-state index in [9.17, 15) is 9.59 Å². The second-order valence-electron chi connectivity index (χ2n) is 5.22.